The molecular weight excluding hydrogens is 298 g/mol. The molecule has 0 saturated heterocycles. The molecule has 1 amide bonds. The van der Waals surface area contributed by atoms with Gasteiger partial charge in [0.1, 0.15) is 11.6 Å². The van der Waals surface area contributed by atoms with Gasteiger partial charge in [0.2, 0.25) is 11.0 Å². The Kier molecular flexibility index (Phi) is 4.08. The van der Waals surface area contributed by atoms with Gasteiger partial charge in [-0.25, -0.2) is 0 Å². The van der Waals surface area contributed by atoms with E-state index in [1.165, 1.54) is 17.4 Å². The Hall–Kier alpha value is -2.62. The SMILES string of the molecule is Cc1nnc(NC(=O)Cn2c(C)ccc([N+](=O)[O-])c2=O)s1. The molecule has 0 aliphatic heterocycles. The lowest BCUT2D eigenvalue weighted by atomic mass is 10.3. The van der Waals surface area contributed by atoms with Crippen LogP contribution in [0.2, 0.25) is 0 Å². The maximum Gasteiger partial charge on any atom is 0.334 e. The lowest BCUT2D eigenvalue weighted by Crippen LogP contribution is -2.30. The number of nitrogens with zero attached hydrogens (tertiary/aromatic N) is 4. The first-order chi connectivity index (χ1) is 9.88. The van der Waals surface area contributed by atoms with Crippen LogP contribution in [0.25, 0.3) is 0 Å². The third-order valence-electron chi connectivity index (χ3n) is 2.64. The quantitative estimate of drug-likeness (QED) is 0.660. The number of hydrogen-bond donors (Lipinski definition) is 1. The summed E-state index contributed by atoms with van der Waals surface area (Å²) in [5.41, 5.74) is -0.932. The van der Waals surface area contributed by atoms with Crippen LogP contribution in [0.4, 0.5) is 10.8 Å². The van der Waals surface area contributed by atoms with Gasteiger partial charge in [-0.2, -0.15) is 0 Å². The Balaban J connectivity index is 2.23. The summed E-state index contributed by atoms with van der Waals surface area (Å²) in [4.78, 5) is 33.8. The number of anilines is 1. The highest BCUT2D eigenvalue weighted by Gasteiger charge is 2.17. The van der Waals surface area contributed by atoms with Gasteiger partial charge in [0.05, 0.1) is 4.92 Å². The van der Waals surface area contributed by atoms with Gasteiger partial charge in [-0.15, -0.1) is 10.2 Å². The summed E-state index contributed by atoms with van der Waals surface area (Å²) in [7, 11) is 0. The number of aromatic nitrogens is 3. The van der Waals surface area contributed by atoms with Gasteiger partial charge < -0.3 is 0 Å². The van der Waals surface area contributed by atoms with Crippen LogP contribution in [0.5, 0.6) is 0 Å². The molecule has 0 atom stereocenters. The predicted octanol–water partition coefficient (Wildman–Crippen LogP) is 0.864. The number of carbonyl (C=O) groups is 1. The van der Waals surface area contributed by atoms with E-state index < -0.39 is 22.1 Å². The number of carbonyl (C=O) groups excluding carboxylic acids is 1. The molecule has 0 spiro atoms. The van der Waals surface area contributed by atoms with Gasteiger partial charge in [-0.05, 0) is 19.9 Å². The summed E-state index contributed by atoms with van der Waals surface area (Å²) < 4.78 is 1.04. The Morgan fingerprint density at radius 1 is 1.43 bits per heavy atom. The minimum atomic E-state index is -0.816. The van der Waals surface area contributed by atoms with E-state index in [2.05, 4.69) is 15.5 Å². The van der Waals surface area contributed by atoms with Crippen molar-refractivity contribution in [1.82, 2.24) is 14.8 Å². The first-order valence-corrected chi connectivity index (χ1v) is 6.65. The highest BCUT2D eigenvalue weighted by Crippen LogP contribution is 2.13. The highest BCUT2D eigenvalue weighted by molar-refractivity contribution is 7.15. The van der Waals surface area contributed by atoms with Crippen molar-refractivity contribution in [2.24, 2.45) is 0 Å². The minimum absolute atomic E-state index is 0.314. The fraction of sp³-hybridized carbons (Fsp3) is 0.273. The molecule has 0 fully saturated rings. The van der Waals surface area contributed by atoms with Gasteiger partial charge in [-0.3, -0.25) is 29.6 Å². The van der Waals surface area contributed by atoms with Crippen LogP contribution in [0.15, 0.2) is 16.9 Å². The van der Waals surface area contributed by atoms with E-state index in [0.29, 0.717) is 15.8 Å². The number of hydrogen-bond acceptors (Lipinski definition) is 7. The van der Waals surface area contributed by atoms with Crippen molar-refractivity contribution in [3.63, 3.8) is 0 Å². The Labute approximate surface area is 122 Å². The van der Waals surface area contributed by atoms with E-state index in [4.69, 9.17) is 0 Å². The second kappa shape index (κ2) is 5.79. The predicted molar refractivity (Wildman–Crippen MR) is 75.4 cm³/mol. The molecule has 2 heterocycles. The summed E-state index contributed by atoms with van der Waals surface area (Å²) in [5.74, 6) is -0.503. The molecule has 0 aliphatic carbocycles. The zero-order valence-electron chi connectivity index (χ0n) is 11.2. The summed E-state index contributed by atoms with van der Waals surface area (Å²) in [6.45, 7) is 3.00. The molecule has 2 rings (SSSR count). The van der Waals surface area contributed by atoms with E-state index in [1.807, 2.05) is 0 Å². The second-order valence-electron chi connectivity index (χ2n) is 4.18. The van der Waals surface area contributed by atoms with Crippen LogP contribution >= 0.6 is 11.3 Å². The van der Waals surface area contributed by atoms with Gasteiger partial charge in [0.15, 0.2) is 0 Å². The molecule has 21 heavy (non-hydrogen) atoms. The summed E-state index contributed by atoms with van der Waals surface area (Å²) in [6, 6.07) is 2.54. The first-order valence-electron chi connectivity index (χ1n) is 5.83. The van der Waals surface area contributed by atoms with E-state index in [1.54, 1.807) is 13.8 Å². The number of aryl methyl sites for hydroxylation is 2. The Morgan fingerprint density at radius 3 is 2.71 bits per heavy atom. The number of nitrogens with one attached hydrogen (secondary N) is 1. The number of nitro groups is 1. The maximum atomic E-state index is 11.9. The molecule has 2 aromatic rings. The van der Waals surface area contributed by atoms with Crippen molar-refractivity contribution in [1.29, 1.82) is 0 Å². The highest BCUT2D eigenvalue weighted by atomic mass is 32.1. The normalized spacial score (nSPS) is 10.4. The standard InChI is InChI=1S/C11H11N5O4S/c1-6-3-4-8(16(19)20)10(18)15(6)5-9(17)12-11-14-13-7(2)21-11/h3-4H,5H2,1-2H3,(H,12,14,17). The lowest BCUT2D eigenvalue weighted by molar-refractivity contribution is -0.386. The molecule has 2 aromatic heterocycles. The second-order valence-corrected chi connectivity index (χ2v) is 5.36. The molecule has 10 heteroatoms. The van der Waals surface area contributed by atoms with Crippen molar-refractivity contribution in [2.45, 2.75) is 20.4 Å². The minimum Gasteiger partial charge on any atom is -0.299 e. The fourth-order valence-corrected chi connectivity index (χ4v) is 2.25. The number of amides is 1. The summed E-state index contributed by atoms with van der Waals surface area (Å²) in [6.07, 6.45) is 0. The average molecular weight is 309 g/mol. The van der Waals surface area contributed by atoms with Crippen LogP contribution in [0.3, 0.4) is 0 Å². The van der Waals surface area contributed by atoms with Gasteiger partial charge >= 0.3 is 11.2 Å². The first kappa shape index (κ1) is 14.8. The van der Waals surface area contributed by atoms with E-state index in [0.717, 1.165) is 10.6 Å². The average Bonchev–Trinajstić information content (AvgIpc) is 2.79. The molecule has 1 N–H and O–H groups in total. The van der Waals surface area contributed by atoms with Crippen LogP contribution < -0.4 is 10.9 Å². The molecule has 0 radical (unpaired) electrons. The van der Waals surface area contributed by atoms with Crippen LogP contribution in [0, 0.1) is 24.0 Å². The van der Waals surface area contributed by atoms with E-state index in [-0.39, 0.29) is 6.54 Å². The monoisotopic (exact) mass is 309 g/mol. The molecule has 9 nitrogen and oxygen atoms in total. The Bertz CT molecular complexity index is 766. The zero-order chi connectivity index (χ0) is 15.6. The Morgan fingerprint density at radius 2 is 2.14 bits per heavy atom. The van der Waals surface area contributed by atoms with Gasteiger partial charge in [0.25, 0.3) is 0 Å². The van der Waals surface area contributed by atoms with Crippen molar-refractivity contribution < 1.29 is 9.72 Å². The number of pyridine rings is 1. The molecule has 0 unspecified atom stereocenters. The van der Waals surface area contributed by atoms with Crippen LogP contribution in [0.1, 0.15) is 10.7 Å². The van der Waals surface area contributed by atoms with Crippen molar-refractivity contribution in [3.05, 3.63) is 43.3 Å². The van der Waals surface area contributed by atoms with E-state index >= 15 is 0 Å². The maximum absolute atomic E-state index is 11.9. The molecule has 0 bridgehead atoms. The molecule has 0 aliphatic rings. The smallest absolute Gasteiger partial charge is 0.299 e. The van der Waals surface area contributed by atoms with Crippen molar-refractivity contribution >= 4 is 28.1 Å². The zero-order valence-corrected chi connectivity index (χ0v) is 12.0. The molecule has 0 aromatic carbocycles. The summed E-state index contributed by atoms with van der Waals surface area (Å²) in [5, 5.41) is 21.7. The molecule has 110 valence electrons. The lowest BCUT2D eigenvalue weighted by Gasteiger charge is -2.08. The van der Waals surface area contributed by atoms with Crippen LogP contribution in [-0.2, 0) is 11.3 Å². The van der Waals surface area contributed by atoms with E-state index in [9.17, 15) is 19.7 Å². The van der Waals surface area contributed by atoms with Crippen LogP contribution in [-0.4, -0.2) is 25.6 Å². The number of rotatable bonds is 4. The van der Waals surface area contributed by atoms with Gasteiger partial charge in [-0.1, -0.05) is 11.3 Å². The third-order valence-corrected chi connectivity index (χ3v) is 3.40. The summed E-state index contributed by atoms with van der Waals surface area (Å²) >= 11 is 1.19. The topological polar surface area (TPSA) is 120 Å². The van der Waals surface area contributed by atoms with Gasteiger partial charge in [0, 0.05) is 11.8 Å². The van der Waals surface area contributed by atoms with Crippen molar-refractivity contribution in [2.75, 3.05) is 5.32 Å². The largest absolute Gasteiger partial charge is 0.334 e. The fourth-order valence-electron chi connectivity index (χ4n) is 1.64. The van der Waals surface area contributed by atoms with Crippen molar-refractivity contribution in [3.8, 4) is 0 Å². The molecule has 0 saturated carbocycles. The molecular formula is C11H11N5O4S. The third kappa shape index (κ3) is 3.28.